The SMILES string of the molecule is COC(=O)c1sc(-c2ccc(-c3cc4ncccc4o3)cc2)cc1N(C(=O)[C@H]1CC[C@H](C)CC1)C(C)C. The molecule has 3 aromatic heterocycles. The number of carbonyl (C=O) groups is 2. The Morgan fingerprint density at radius 3 is 2.41 bits per heavy atom. The molecule has 0 aliphatic heterocycles. The number of ether oxygens (including phenoxy) is 1. The number of esters is 1. The van der Waals surface area contributed by atoms with E-state index in [1.54, 1.807) is 6.20 Å². The molecule has 1 aliphatic rings. The van der Waals surface area contributed by atoms with Gasteiger partial charge in [-0.3, -0.25) is 9.78 Å². The van der Waals surface area contributed by atoms with Crippen LogP contribution >= 0.6 is 11.3 Å². The first-order valence-corrected chi connectivity index (χ1v) is 13.7. The maximum absolute atomic E-state index is 13.7. The smallest absolute Gasteiger partial charge is 0.350 e. The third-order valence-electron chi connectivity index (χ3n) is 7.20. The number of furan rings is 1. The lowest BCUT2D eigenvalue weighted by Crippen LogP contribution is -2.42. The Labute approximate surface area is 221 Å². The number of methoxy groups -OCH3 is 1. The summed E-state index contributed by atoms with van der Waals surface area (Å²) in [5, 5.41) is 0. The standard InChI is InChI=1S/C30H32N2O4S/c1-18(2)32(29(33)22-9-7-19(3)8-10-22)24-17-27(37-28(24)30(34)35-4)21-13-11-20(12-14-21)26-16-23-25(36-26)6-5-15-31-23/h5-6,11-19,22H,7-10H2,1-4H3/t19-,22-. The highest BCUT2D eigenvalue weighted by Gasteiger charge is 2.33. The maximum Gasteiger partial charge on any atom is 0.350 e. The first-order valence-electron chi connectivity index (χ1n) is 12.9. The summed E-state index contributed by atoms with van der Waals surface area (Å²) in [6.45, 7) is 6.25. The van der Waals surface area contributed by atoms with Gasteiger partial charge in [-0.15, -0.1) is 11.3 Å². The third-order valence-corrected chi connectivity index (χ3v) is 8.36. The van der Waals surface area contributed by atoms with Crippen LogP contribution in [0.4, 0.5) is 5.69 Å². The Morgan fingerprint density at radius 1 is 1.05 bits per heavy atom. The molecule has 1 aliphatic carbocycles. The van der Waals surface area contributed by atoms with Gasteiger partial charge in [0.25, 0.3) is 0 Å². The van der Waals surface area contributed by atoms with Gasteiger partial charge in [0.15, 0.2) is 5.58 Å². The van der Waals surface area contributed by atoms with Crippen molar-refractivity contribution in [2.24, 2.45) is 11.8 Å². The summed E-state index contributed by atoms with van der Waals surface area (Å²) in [5.74, 6) is 1.08. The van der Waals surface area contributed by atoms with Gasteiger partial charge < -0.3 is 14.1 Å². The van der Waals surface area contributed by atoms with Crippen molar-refractivity contribution >= 4 is 40.0 Å². The van der Waals surface area contributed by atoms with Crippen LogP contribution in [0.2, 0.25) is 0 Å². The molecule has 192 valence electrons. The van der Waals surface area contributed by atoms with Crippen molar-refractivity contribution in [2.75, 3.05) is 12.0 Å². The molecule has 0 spiro atoms. The Balaban J connectivity index is 1.48. The van der Waals surface area contributed by atoms with Crippen molar-refractivity contribution in [3.05, 3.63) is 59.6 Å². The summed E-state index contributed by atoms with van der Waals surface area (Å²) >= 11 is 1.36. The zero-order chi connectivity index (χ0) is 26.1. The van der Waals surface area contributed by atoms with Crippen LogP contribution in [-0.4, -0.2) is 30.0 Å². The molecule has 0 saturated heterocycles. The van der Waals surface area contributed by atoms with Crippen molar-refractivity contribution in [3.8, 4) is 21.8 Å². The van der Waals surface area contributed by atoms with Crippen LogP contribution in [0, 0.1) is 11.8 Å². The van der Waals surface area contributed by atoms with Gasteiger partial charge in [-0.2, -0.15) is 0 Å². The Bertz CT molecular complexity index is 1380. The fourth-order valence-electron chi connectivity index (χ4n) is 5.11. The monoisotopic (exact) mass is 516 g/mol. The number of rotatable bonds is 6. The van der Waals surface area contributed by atoms with Crippen molar-refractivity contribution in [1.82, 2.24) is 4.98 Å². The lowest BCUT2D eigenvalue weighted by molar-refractivity contribution is -0.123. The number of nitrogens with zero attached hydrogens (tertiary/aromatic N) is 2. The van der Waals surface area contributed by atoms with E-state index in [0.717, 1.165) is 58.5 Å². The second-order valence-corrected chi connectivity index (χ2v) is 11.2. The van der Waals surface area contributed by atoms with E-state index in [1.165, 1.54) is 18.4 Å². The number of aromatic nitrogens is 1. The zero-order valence-electron chi connectivity index (χ0n) is 21.7. The quantitative estimate of drug-likeness (QED) is 0.247. The molecule has 0 N–H and O–H groups in total. The van der Waals surface area contributed by atoms with Gasteiger partial charge >= 0.3 is 5.97 Å². The van der Waals surface area contributed by atoms with E-state index in [1.807, 2.05) is 67.3 Å². The molecule has 4 aromatic rings. The molecular formula is C30H32N2O4S. The molecule has 1 amide bonds. The minimum atomic E-state index is -0.423. The predicted octanol–water partition coefficient (Wildman–Crippen LogP) is 7.58. The largest absolute Gasteiger partial charge is 0.465 e. The van der Waals surface area contributed by atoms with Crippen molar-refractivity contribution in [3.63, 3.8) is 0 Å². The van der Waals surface area contributed by atoms with Crippen LogP contribution in [-0.2, 0) is 9.53 Å². The minimum absolute atomic E-state index is 0.00923. The Morgan fingerprint density at radius 2 is 1.76 bits per heavy atom. The Kier molecular flexibility index (Phi) is 7.15. The van der Waals surface area contributed by atoms with E-state index < -0.39 is 5.97 Å². The normalized spacial score (nSPS) is 17.8. The molecule has 1 aromatic carbocycles. The fourth-order valence-corrected chi connectivity index (χ4v) is 6.18. The highest BCUT2D eigenvalue weighted by molar-refractivity contribution is 7.18. The van der Waals surface area contributed by atoms with Crippen LogP contribution in [0.1, 0.15) is 56.1 Å². The van der Waals surface area contributed by atoms with E-state index in [-0.39, 0.29) is 17.9 Å². The molecule has 0 atom stereocenters. The molecule has 7 heteroatoms. The van der Waals surface area contributed by atoms with Gasteiger partial charge in [-0.1, -0.05) is 31.2 Å². The van der Waals surface area contributed by atoms with E-state index in [2.05, 4.69) is 11.9 Å². The first-order chi connectivity index (χ1) is 17.9. The second kappa shape index (κ2) is 10.5. The predicted molar refractivity (Wildman–Crippen MR) is 148 cm³/mol. The summed E-state index contributed by atoms with van der Waals surface area (Å²) in [4.78, 5) is 34.0. The van der Waals surface area contributed by atoms with Crippen LogP contribution < -0.4 is 4.90 Å². The van der Waals surface area contributed by atoms with Crippen LogP contribution in [0.3, 0.4) is 0 Å². The number of hydrogen-bond acceptors (Lipinski definition) is 6. The number of thiophene rings is 1. The van der Waals surface area contributed by atoms with Gasteiger partial charge in [0.05, 0.1) is 12.8 Å². The molecule has 0 unspecified atom stereocenters. The average Bonchev–Trinajstić information content (AvgIpc) is 3.54. The summed E-state index contributed by atoms with van der Waals surface area (Å²) in [6.07, 6.45) is 5.67. The van der Waals surface area contributed by atoms with Gasteiger partial charge in [0.1, 0.15) is 16.2 Å². The number of carbonyl (C=O) groups excluding carboxylic acids is 2. The molecule has 3 heterocycles. The molecule has 5 rings (SSSR count). The van der Waals surface area contributed by atoms with Gasteiger partial charge in [0.2, 0.25) is 5.91 Å². The topological polar surface area (TPSA) is 72.6 Å². The number of fused-ring (bicyclic) bond motifs is 1. The highest BCUT2D eigenvalue weighted by Crippen LogP contribution is 2.41. The second-order valence-electron chi connectivity index (χ2n) is 10.2. The molecule has 6 nitrogen and oxygen atoms in total. The maximum atomic E-state index is 13.7. The van der Waals surface area contributed by atoms with E-state index in [0.29, 0.717) is 16.5 Å². The lowest BCUT2D eigenvalue weighted by Gasteiger charge is -2.33. The van der Waals surface area contributed by atoms with Crippen LogP contribution in [0.5, 0.6) is 0 Å². The zero-order valence-corrected chi connectivity index (χ0v) is 22.5. The molecule has 37 heavy (non-hydrogen) atoms. The van der Waals surface area contributed by atoms with Crippen LogP contribution in [0.15, 0.2) is 59.1 Å². The number of benzene rings is 1. The van der Waals surface area contributed by atoms with Gasteiger partial charge in [-0.05, 0) is 69.2 Å². The molecule has 0 radical (unpaired) electrons. The summed E-state index contributed by atoms with van der Waals surface area (Å²) in [7, 11) is 1.38. The lowest BCUT2D eigenvalue weighted by atomic mass is 9.82. The van der Waals surface area contributed by atoms with Crippen molar-refractivity contribution in [2.45, 2.75) is 52.5 Å². The number of hydrogen-bond donors (Lipinski definition) is 0. The van der Waals surface area contributed by atoms with Crippen molar-refractivity contribution < 1.29 is 18.7 Å². The van der Waals surface area contributed by atoms with Gasteiger partial charge in [-0.25, -0.2) is 4.79 Å². The summed E-state index contributed by atoms with van der Waals surface area (Å²) in [6, 6.07) is 15.6. The molecule has 1 fully saturated rings. The summed E-state index contributed by atoms with van der Waals surface area (Å²) < 4.78 is 11.1. The third kappa shape index (κ3) is 5.05. The average molecular weight is 517 g/mol. The highest BCUT2D eigenvalue weighted by atomic mass is 32.1. The summed E-state index contributed by atoms with van der Waals surface area (Å²) in [5.41, 5.74) is 4.10. The van der Waals surface area contributed by atoms with Crippen molar-refractivity contribution in [1.29, 1.82) is 0 Å². The van der Waals surface area contributed by atoms with E-state index in [4.69, 9.17) is 9.15 Å². The molecular weight excluding hydrogens is 484 g/mol. The van der Waals surface area contributed by atoms with Crippen LogP contribution in [0.25, 0.3) is 32.9 Å². The number of anilines is 1. The van der Waals surface area contributed by atoms with E-state index >= 15 is 0 Å². The fraction of sp³-hybridized carbons (Fsp3) is 0.367. The minimum Gasteiger partial charge on any atom is -0.465 e. The van der Waals surface area contributed by atoms with E-state index in [9.17, 15) is 9.59 Å². The molecule has 1 saturated carbocycles. The first kappa shape index (κ1) is 25.2. The van der Waals surface area contributed by atoms with Gasteiger partial charge in [0, 0.05) is 34.7 Å². The molecule has 0 bridgehead atoms. The number of amides is 1. The number of pyridine rings is 1. The Hall–Kier alpha value is -3.45.